The maximum absolute atomic E-state index is 11.8. The van der Waals surface area contributed by atoms with E-state index in [2.05, 4.69) is 0 Å². The summed E-state index contributed by atoms with van der Waals surface area (Å²) in [6, 6.07) is 2.58. The number of ketones is 2. The summed E-state index contributed by atoms with van der Waals surface area (Å²) in [6.07, 6.45) is 2.76. The number of benzene rings is 1. The Morgan fingerprint density at radius 3 is 2.44 bits per heavy atom. The zero-order valence-corrected chi connectivity index (χ0v) is 10.7. The molecule has 98 valence electrons. The van der Waals surface area contributed by atoms with Crippen molar-refractivity contribution in [1.82, 2.24) is 0 Å². The van der Waals surface area contributed by atoms with Crippen LogP contribution >= 0.6 is 0 Å². The van der Waals surface area contributed by atoms with E-state index in [1.165, 1.54) is 19.1 Å². The Morgan fingerprint density at radius 2 is 1.83 bits per heavy atom. The van der Waals surface area contributed by atoms with Gasteiger partial charge in [-0.05, 0) is 25.5 Å². The third-order valence-corrected chi connectivity index (χ3v) is 2.91. The van der Waals surface area contributed by atoms with E-state index in [1.807, 2.05) is 6.92 Å². The van der Waals surface area contributed by atoms with Crippen LogP contribution in [0.25, 0.3) is 0 Å². The molecule has 0 spiro atoms. The molecule has 0 aromatic heterocycles. The van der Waals surface area contributed by atoms with Crippen molar-refractivity contribution in [3.8, 4) is 11.5 Å². The second-order valence-corrected chi connectivity index (χ2v) is 4.32. The van der Waals surface area contributed by atoms with Gasteiger partial charge in [-0.1, -0.05) is 19.8 Å². The van der Waals surface area contributed by atoms with Crippen molar-refractivity contribution >= 4 is 11.6 Å². The van der Waals surface area contributed by atoms with Crippen LogP contribution in [0, 0.1) is 6.92 Å². The fourth-order valence-corrected chi connectivity index (χ4v) is 1.67. The van der Waals surface area contributed by atoms with Gasteiger partial charge < -0.3 is 10.2 Å². The number of carbonyl (C=O) groups excluding carboxylic acids is 2. The molecule has 0 aliphatic heterocycles. The van der Waals surface area contributed by atoms with E-state index >= 15 is 0 Å². The van der Waals surface area contributed by atoms with E-state index in [0.29, 0.717) is 6.42 Å². The van der Waals surface area contributed by atoms with E-state index in [9.17, 15) is 19.8 Å². The summed E-state index contributed by atoms with van der Waals surface area (Å²) in [5.41, 5.74) is 0.175. The summed E-state index contributed by atoms with van der Waals surface area (Å²) in [5.74, 6) is -1.60. The van der Waals surface area contributed by atoms with Gasteiger partial charge in [0.15, 0.2) is 0 Å². The van der Waals surface area contributed by atoms with E-state index < -0.39 is 11.6 Å². The van der Waals surface area contributed by atoms with Gasteiger partial charge in [-0.25, -0.2) is 0 Å². The minimum atomic E-state index is -0.688. The molecule has 0 heterocycles. The van der Waals surface area contributed by atoms with Gasteiger partial charge in [0.05, 0.1) is 5.56 Å². The number of hydrogen-bond acceptors (Lipinski definition) is 4. The van der Waals surface area contributed by atoms with Crippen LogP contribution in [0.3, 0.4) is 0 Å². The van der Waals surface area contributed by atoms with Crippen molar-refractivity contribution < 1.29 is 19.8 Å². The first kappa shape index (κ1) is 14.2. The molecule has 0 radical (unpaired) electrons. The standard InChI is InChI=1S/C14H18O4/c1-3-4-5-6-12(16)14(18)10-7-8-11(15)9(2)13(10)17/h7-8,15,17H,3-6H2,1-2H3. The summed E-state index contributed by atoms with van der Waals surface area (Å²) < 4.78 is 0. The Balaban J connectivity index is 2.84. The Labute approximate surface area is 106 Å². The Hall–Kier alpha value is -1.84. The molecule has 0 aliphatic rings. The van der Waals surface area contributed by atoms with E-state index in [-0.39, 0.29) is 29.0 Å². The molecule has 18 heavy (non-hydrogen) atoms. The highest BCUT2D eigenvalue weighted by atomic mass is 16.3. The molecule has 1 aromatic carbocycles. The van der Waals surface area contributed by atoms with Crippen molar-refractivity contribution in [1.29, 1.82) is 0 Å². The average molecular weight is 250 g/mol. The quantitative estimate of drug-likeness (QED) is 0.462. The maximum atomic E-state index is 11.8. The number of phenols is 2. The summed E-state index contributed by atoms with van der Waals surface area (Å²) in [6.45, 7) is 3.50. The highest BCUT2D eigenvalue weighted by Crippen LogP contribution is 2.30. The van der Waals surface area contributed by atoms with Crippen molar-refractivity contribution in [3.05, 3.63) is 23.3 Å². The second-order valence-electron chi connectivity index (χ2n) is 4.32. The largest absolute Gasteiger partial charge is 0.508 e. The summed E-state index contributed by atoms with van der Waals surface area (Å²) in [4.78, 5) is 23.5. The van der Waals surface area contributed by atoms with E-state index in [0.717, 1.165) is 12.8 Å². The third kappa shape index (κ3) is 3.09. The minimum Gasteiger partial charge on any atom is -0.508 e. The van der Waals surface area contributed by atoms with Crippen LogP contribution < -0.4 is 0 Å². The molecule has 1 rings (SSSR count). The van der Waals surface area contributed by atoms with Crippen LogP contribution in [0.15, 0.2) is 12.1 Å². The first-order valence-corrected chi connectivity index (χ1v) is 6.08. The fourth-order valence-electron chi connectivity index (χ4n) is 1.67. The van der Waals surface area contributed by atoms with Gasteiger partial charge in [0.2, 0.25) is 11.6 Å². The zero-order chi connectivity index (χ0) is 13.7. The molecule has 0 bridgehead atoms. The molecular weight excluding hydrogens is 232 g/mol. The van der Waals surface area contributed by atoms with Crippen molar-refractivity contribution in [2.24, 2.45) is 0 Å². The van der Waals surface area contributed by atoms with Gasteiger partial charge in [-0.2, -0.15) is 0 Å². The topological polar surface area (TPSA) is 74.6 Å². The molecule has 0 amide bonds. The summed E-state index contributed by atoms with van der Waals surface area (Å²) >= 11 is 0. The number of Topliss-reactive ketones (excluding diaryl/α,β-unsaturated/α-hetero) is 2. The van der Waals surface area contributed by atoms with Crippen LogP contribution in [0.1, 0.15) is 48.5 Å². The lowest BCUT2D eigenvalue weighted by Gasteiger charge is -2.07. The van der Waals surface area contributed by atoms with Gasteiger partial charge in [0.1, 0.15) is 11.5 Å². The van der Waals surface area contributed by atoms with Gasteiger partial charge in [0.25, 0.3) is 0 Å². The lowest BCUT2D eigenvalue weighted by molar-refractivity contribution is -0.115. The predicted molar refractivity (Wildman–Crippen MR) is 68.0 cm³/mol. The molecule has 0 fully saturated rings. The molecule has 0 saturated carbocycles. The molecule has 0 aliphatic carbocycles. The number of phenolic OH excluding ortho intramolecular Hbond substituents is 2. The molecule has 0 atom stereocenters. The maximum Gasteiger partial charge on any atom is 0.232 e. The van der Waals surface area contributed by atoms with Crippen LogP contribution in [-0.4, -0.2) is 21.8 Å². The first-order chi connectivity index (χ1) is 8.49. The highest BCUT2D eigenvalue weighted by molar-refractivity contribution is 6.44. The first-order valence-electron chi connectivity index (χ1n) is 6.08. The molecule has 1 aromatic rings. The van der Waals surface area contributed by atoms with Crippen LogP contribution in [0.5, 0.6) is 11.5 Å². The van der Waals surface area contributed by atoms with Gasteiger partial charge in [-0.3, -0.25) is 9.59 Å². The lowest BCUT2D eigenvalue weighted by Crippen LogP contribution is -2.14. The molecule has 0 saturated heterocycles. The van der Waals surface area contributed by atoms with Crippen LogP contribution in [0.2, 0.25) is 0 Å². The Morgan fingerprint density at radius 1 is 1.17 bits per heavy atom. The van der Waals surface area contributed by atoms with Gasteiger partial charge >= 0.3 is 0 Å². The normalized spacial score (nSPS) is 10.3. The van der Waals surface area contributed by atoms with E-state index in [1.54, 1.807) is 0 Å². The van der Waals surface area contributed by atoms with Gasteiger partial charge in [-0.15, -0.1) is 0 Å². The van der Waals surface area contributed by atoms with Crippen molar-refractivity contribution in [2.75, 3.05) is 0 Å². The molecule has 4 heteroatoms. The van der Waals surface area contributed by atoms with Crippen LogP contribution in [-0.2, 0) is 4.79 Å². The fraction of sp³-hybridized carbons (Fsp3) is 0.429. The lowest BCUT2D eigenvalue weighted by atomic mass is 10.00. The zero-order valence-electron chi connectivity index (χ0n) is 10.7. The summed E-state index contributed by atoms with van der Waals surface area (Å²) in [7, 11) is 0. The van der Waals surface area contributed by atoms with Crippen molar-refractivity contribution in [3.63, 3.8) is 0 Å². The number of carbonyl (C=O) groups is 2. The molecule has 0 unspecified atom stereocenters. The predicted octanol–water partition coefficient (Wildman–Crippen LogP) is 2.74. The number of unbranched alkanes of at least 4 members (excludes halogenated alkanes) is 2. The monoisotopic (exact) mass is 250 g/mol. The number of rotatable bonds is 6. The molecular formula is C14H18O4. The SMILES string of the molecule is CCCCCC(=O)C(=O)c1ccc(O)c(C)c1O. The Kier molecular flexibility index (Phi) is 4.89. The average Bonchev–Trinajstić information content (AvgIpc) is 2.35. The molecule has 2 N–H and O–H groups in total. The van der Waals surface area contributed by atoms with Crippen LogP contribution in [0.4, 0.5) is 0 Å². The van der Waals surface area contributed by atoms with E-state index in [4.69, 9.17) is 0 Å². The highest BCUT2D eigenvalue weighted by Gasteiger charge is 2.21. The number of hydrogen-bond donors (Lipinski definition) is 2. The summed E-state index contributed by atoms with van der Waals surface area (Å²) in [5, 5.41) is 19.1. The third-order valence-electron chi connectivity index (χ3n) is 2.91. The second kappa shape index (κ2) is 6.19. The van der Waals surface area contributed by atoms with Gasteiger partial charge in [0, 0.05) is 12.0 Å². The van der Waals surface area contributed by atoms with Crippen molar-refractivity contribution in [2.45, 2.75) is 39.5 Å². The Bertz CT molecular complexity index is 463. The smallest absolute Gasteiger partial charge is 0.232 e. The minimum absolute atomic E-state index is 0.0354. The number of aromatic hydroxyl groups is 2. The molecule has 4 nitrogen and oxygen atoms in total.